The van der Waals surface area contributed by atoms with Gasteiger partial charge in [0.15, 0.2) is 8.32 Å². The first kappa shape index (κ1) is 18.1. The van der Waals surface area contributed by atoms with Gasteiger partial charge in [-0.2, -0.15) is 0 Å². The zero-order valence-electron chi connectivity index (χ0n) is 15.1. The van der Waals surface area contributed by atoms with E-state index in [1.54, 1.807) is 0 Å². The summed E-state index contributed by atoms with van der Waals surface area (Å²) in [6.07, 6.45) is 0. The van der Waals surface area contributed by atoms with Crippen LogP contribution in [-0.2, 0) is 11.0 Å². The molecule has 0 aromatic heterocycles. The molecule has 0 unspecified atom stereocenters. The van der Waals surface area contributed by atoms with Crippen molar-refractivity contribution in [3.8, 4) is 0 Å². The smallest absolute Gasteiger partial charge is 0.184 e. The third-order valence-corrected chi connectivity index (χ3v) is 7.48. The van der Waals surface area contributed by atoms with Crippen molar-refractivity contribution in [2.45, 2.75) is 26.2 Å². The highest BCUT2D eigenvalue weighted by atomic mass is 31.1. The molecule has 0 spiro atoms. The Morgan fingerprint density at radius 3 is 1.68 bits per heavy atom. The Morgan fingerprint density at radius 2 is 1.16 bits per heavy atom. The molecule has 0 fully saturated rings. The van der Waals surface area contributed by atoms with Gasteiger partial charge >= 0.3 is 0 Å². The van der Waals surface area contributed by atoms with Gasteiger partial charge in [0.25, 0.3) is 0 Å². The van der Waals surface area contributed by atoms with Crippen LogP contribution in [0.2, 0.25) is 19.6 Å². The minimum Gasteiger partial charge on any atom is -0.413 e. The summed E-state index contributed by atoms with van der Waals surface area (Å²) in [4.78, 5) is 0. The monoisotopic (exact) mass is 364 g/mol. The summed E-state index contributed by atoms with van der Waals surface area (Å²) in [5.74, 6) is 0. The van der Waals surface area contributed by atoms with Crippen molar-refractivity contribution < 1.29 is 4.43 Å². The number of rotatable bonds is 6. The summed E-state index contributed by atoms with van der Waals surface area (Å²) in [5, 5.41) is 4.15. The van der Waals surface area contributed by atoms with Crippen LogP contribution in [-0.4, -0.2) is 8.32 Å². The molecule has 0 aliphatic carbocycles. The summed E-state index contributed by atoms with van der Waals surface area (Å²) in [6.45, 7) is 7.43. The normalized spacial score (nSPS) is 11.7. The fraction of sp³-hybridized carbons (Fsp3) is 0.182. The molecule has 3 aromatic rings. The van der Waals surface area contributed by atoms with Crippen molar-refractivity contribution >= 4 is 32.2 Å². The molecule has 0 atom stereocenters. The third kappa shape index (κ3) is 4.89. The Hall–Kier alpha value is -1.73. The molecule has 0 bridgehead atoms. The van der Waals surface area contributed by atoms with E-state index in [0.717, 1.165) is 0 Å². The molecule has 25 heavy (non-hydrogen) atoms. The molecule has 3 heteroatoms. The Labute approximate surface area is 153 Å². The predicted octanol–water partition coefficient (Wildman–Crippen LogP) is 4.80. The maximum absolute atomic E-state index is 6.23. The second kappa shape index (κ2) is 8.10. The van der Waals surface area contributed by atoms with Crippen LogP contribution in [0.1, 0.15) is 5.56 Å². The molecule has 0 N–H and O–H groups in total. The minimum absolute atomic E-state index is 0.579. The summed E-state index contributed by atoms with van der Waals surface area (Å²) in [6, 6.07) is 30.4. The fourth-order valence-corrected chi connectivity index (χ4v) is 5.77. The van der Waals surface area contributed by atoms with Crippen LogP contribution < -0.4 is 15.9 Å². The van der Waals surface area contributed by atoms with Gasteiger partial charge in [0.1, 0.15) is 0 Å². The summed E-state index contributed by atoms with van der Waals surface area (Å²) >= 11 is 0. The SMILES string of the molecule is C[Si](C)(C)OCc1ccccc1P(c1ccccc1)c1ccccc1. The molecule has 128 valence electrons. The van der Waals surface area contributed by atoms with Crippen LogP contribution >= 0.6 is 7.92 Å². The van der Waals surface area contributed by atoms with Gasteiger partial charge in [-0.1, -0.05) is 84.9 Å². The molecule has 0 saturated carbocycles. The maximum Gasteiger partial charge on any atom is 0.184 e. The number of benzene rings is 3. The zero-order chi connectivity index (χ0) is 17.7. The molecular weight excluding hydrogens is 339 g/mol. The van der Waals surface area contributed by atoms with Gasteiger partial charge in [-0.3, -0.25) is 0 Å². The van der Waals surface area contributed by atoms with Crippen LogP contribution in [0.4, 0.5) is 0 Å². The molecule has 0 aliphatic heterocycles. The Bertz CT molecular complexity index is 758. The van der Waals surface area contributed by atoms with Gasteiger partial charge in [0.05, 0.1) is 6.61 Å². The van der Waals surface area contributed by atoms with E-state index in [2.05, 4.69) is 105 Å². The second-order valence-corrected chi connectivity index (χ2v) is 13.7. The van der Waals surface area contributed by atoms with Crippen molar-refractivity contribution in [3.05, 3.63) is 90.5 Å². The van der Waals surface area contributed by atoms with E-state index in [-0.39, 0.29) is 0 Å². The quantitative estimate of drug-likeness (QED) is 0.451. The maximum atomic E-state index is 6.23. The topological polar surface area (TPSA) is 9.23 Å². The first-order chi connectivity index (χ1) is 12.0. The van der Waals surface area contributed by atoms with Crippen molar-refractivity contribution in [2.75, 3.05) is 0 Å². The third-order valence-electron chi connectivity index (χ3n) is 3.92. The van der Waals surface area contributed by atoms with Crippen LogP contribution in [0.5, 0.6) is 0 Å². The van der Waals surface area contributed by atoms with Crippen LogP contribution in [0.3, 0.4) is 0 Å². The average molecular weight is 365 g/mol. The molecule has 0 heterocycles. The van der Waals surface area contributed by atoms with Crippen molar-refractivity contribution in [2.24, 2.45) is 0 Å². The van der Waals surface area contributed by atoms with E-state index >= 15 is 0 Å². The molecule has 0 aliphatic rings. The van der Waals surface area contributed by atoms with Crippen LogP contribution in [0.15, 0.2) is 84.9 Å². The average Bonchev–Trinajstić information content (AvgIpc) is 2.62. The van der Waals surface area contributed by atoms with E-state index in [1.807, 2.05) is 0 Å². The van der Waals surface area contributed by atoms with Gasteiger partial charge in [-0.15, -0.1) is 0 Å². The highest BCUT2D eigenvalue weighted by Gasteiger charge is 2.21. The highest BCUT2D eigenvalue weighted by molar-refractivity contribution is 7.79. The molecule has 0 radical (unpaired) electrons. The molecule has 3 aromatic carbocycles. The fourth-order valence-electron chi connectivity index (χ4n) is 2.73. The lowest BCUT2D eigenvalue weighted by atomic mass is 10.2. The van der Waals surface area contributed by atoms with Gasteiger partial charge in [-0.25, -0.2) is 0 Å². The van der Waals surface area contributed by atoms with E-state index in [1.165, 1.54) is 21.5 Å². The van der Waals surface area contributed by atoms with Gasteiger partial charge < -0.3 is 4.43 Å². The molecule has 1 nitrogen and oxygen atoms in total. The first-order valence-corrected chi connectivity index (χ1v) is 13.4. The summed E-state index contributed by atoms with van der Waals surface area (Å²) in [7, 11) is -2.13. The zero-order valence-corrected chi connectivity index (χ0v) is 17.0. The Morgan fingerprint density at radius 1 is 0.680 bits per heavy atom. The highest BCUT2D eigenvalue weighted by Crippen LogP contribution is 2.34. The molecule has 0 saturated heterocycles. The second-order valence-electron chi connectivity index (χ2n) is 7.04. The van der Waals surface area contributed by atoms with Gasteiger partial charge in [0.2, 0.25) is 0 Å². The van der Waals surface area contributed by atoms with Crippen molar-refractivity contribution in [1.29, 1.82) is 0 Å². The lowest BCUT2D eigenvalue weighted by Gasteiger charge is -2.24. The molecule has 3 rings (SSSR count). The van der Waals surface area contributed by atoms with E-state index in [9.17, 15) is 0 Å². The van der Waals surface area contributed by atoms with Crippen LogP contribution in [0.25, 0.3) is 0 Å². The van der Waals surface area contributed by atoms with Gasteiger partial charge in [-0.05, 0) is 49.0 Å². The predicted molar refractivity (Wildman–Crippen MR) is 113 cm³/mol. The molecular formula is C22H25OPSi. The largest absolute Gasteiger partial charge is 0.413 e. The summed E-state index contributed by atoms with van der Waals surface area (Å²) in [5.41, 5.74) is 1.31. The van der Waals surface area contributed by atoms with Crippen molar-refractivity contribution in [3.63, 3.8) is 0 Å². The lowest BCUT2D eigenvalue weighted by molar-refractivity contribution is 0.300. The Kier molecular flexibility index (Phi) is 5.85. The van der Waals surface area contributed by atoms with E-state index < -0.39 is 16.2 Å². The first-order valence-electron chi connectivity index (χ1n) is 8.67. The number of hydrogen-bond donors (Lipinski definition) is 0. The van der Waals surface area contributed by atoms with Crippen molar-refractivity contribution in [1.82, 2.24) is 0 Å². The summed E-state index contributed by atoms with van der Waals surface area (Å²) < 4.78 is 6.23. The van der Waals surface area contributed by atoms with Crippen LogP contribution in [0, 0.1) is 0 Å². The number of hydrogen-bond acceptors (Lipinski definition) is 1. The minimum atomic E-state index is -1.55. The van der Waals surface area contributed by atoms with E-state index in [0.29, 0.717) is 6.61 Å². The molecule has 0 amide bonds. The Balaban J connectivity index is 2.06. The lowest BCUT2D eigenvalue weighted by Crippen LogP contribution is -2.28. The van der Waals surface area contributed by atoms with E-state index in [4.69, 9.17) is 4.43 Å². The van der Waals surface area contributed by atoms with Gasteiger partial charge in [0, 0.05) is 0 Å². The standard InChI is InChI=1S/C22H25OPSi/c1-25(2,3)23-18-19-12-10-11-17-22(19)24(20-13-6-4-7-14-20)21-15-8-5-9-16-21/h4-17H,18H2,1-3H3.